The summed E-state index contributed by atoms with van der Waals surface area (Å²) in [4.78, 5) is 32.2. The summed E-state index contributed by atoms with van der Waals surface area (Å²) < 4.78 is 5.63. The number of aromatic nitrogens is 1. The standard InChI is InChI=1S/C22H31N3O3/c1-28-20-9-8-16(22(27)25-10-4-5-11-25)13-19(20)24-21(26)17-12-15-6-2-3-7-18(15)23-14-17/h12,14,16,19-20H,2-11,13H2,1H3,(H,24,26). The minimum absolute atomic E-state index is 0.0172. The summed E-state index contributed by atoms with van der Waals surface area (Å²) in [5, 5.41) is 3.14. The summed E-state index contributed by atoms with van der Waals surface area (Å²) in [5.41, 5.74) is 2.95. The smallest absolute Gasteiger partial charge is 0.253 e. The maximum absolute atomic E-state index is 12.9. The van der Waals surface area contributed by atoms with E-state index in [1.807, 2.05) is 11.0 Å². The third kappa shape index (κ3) is 4.07. The Kier molecular flexibility index (Phi) is 5.95. The molecule has 1 aromatic heterocycles. The Bertz CT molecular complexity index is 730. The molecule has 0 radical (unpaired) electrons. The van der Waals surface area contributed by atoms with Crippen molar-refractivity contribution in [3.8, 4) is 0 Å². The molecule has 4 rings (SSSR count). The van der Waals surface area contributed by atoms with Crippen molar-refractivity contribution in [1.82, 2.24) is 15.2 Å². The average Bonchev–Trinajstić information content (AvgIpc) is 3.27. The molecule has 2 heterocycles. The number of amides is 2. The number of hydrogen-bond acceptors (Lipinski definition) is 4. The predicted molar refractivity (Wildman–Crippen MR) is 106 cm³/mol. The largest absolute Gasteiger partial charge is 0.379 e. The fraction of sp³-hybridized carbons (Fsp3) is 0.682. The summed E-state index contributed by atoms with van der Waals surface area (Å²) >= 11 is 0. The number of methoxy groups -OCH3 is 1. The molecule has 1 aliphatic heterocycles. The van der Waals surface area contributed by atoms with Crippen LogP contribution in [0.5, 0.6) is 0 Å². The van der Waals surface area contributed by atoms with Crippen molar-refractivity contribution in [2.24, 2.45) is 5.92 Å². The lowest BCUT2D eigenvalue weighted by atomic mass is 9.82. The Morgan fingerprint density at radius 1 is 1.14 bits per heavy atom. The number of carbonyl (C=O) groups excluding carboxylic acids is 2. The van der Waals surface area contributed by atoms with Crippen molar-refractivity contribution >= 4 is 11.8 Å². The first-order valence-corrected chi connectivity index (χ1v) is 10.8. The van der Waals surface area contributed by atoms with Crippen LogP contribution < -0.4 is 5.32 Å². The maximum Gasteiger partial charge on any atom is 0.253 e. The molecule has 1 saturated carbocycles. The van der Waals surface area contributed by atoms with E-state index < -0.39 is 0 Å². The normalized spacial score (nSPS) is 27.3. The molecule has 3 atom stereocenters. The van der Waals surface area contributed by atoms with E-state index in [2.05, 4.69) is 10.3 Å². The molecule has 0 aromatic carbocycles. The van der Waals surface area contributed by atoms with Crippen molar-refractivity contribution in [2.75, 3.05) is 20.2 Å². The van der Waals surface area contributed by atoms with E-state index in [1.165, 1.54) is 12.0 Å². The molecule has 0 spiro atoms. The molecule has 1 aromatic rings. The van der Waals surface area contributed by atoms with Gasteiger partial charge in [-0.2, -0.15) is 0 Å². The highest BCUT2D eigenvalue weighted by Gasteiger charge is 2.37. The third-order valence-corrected chi connectivity index (χ3v) is 6.60. The summed E-state index contributed by atoms with van der Waals surface area (Å²) in [6.07, 6.45) is 10.5. The van der Waals surface area contributed by atoms with E-state index in [-0.39, 0.29) is 29.9 Å². The number of hydrogen-bond donors (Lipinski definition) is 1. The minimum Gasteiger partial charge on any atom is -0.379 e. The van der Waals surface area contributed by atoms with Gasteiger partial charge < -0.3 is 15.0 Å². The Labute approximate surface area is 167 Å². The lowest BCUT2D eigenvalue weighted by Gasteiger charge is -2.36. The number of aryl methyl sites for hydroxylation is 2. The molecule has 1 saturated heterocycles. The van der Waals surface area contributed by atoms with E-state index in [0.29, 0.717) is 12.0 Å². The van der Waals surface area contributed by atoms with Crippen LogP contribution in [-0.2, 0) is 22.4 Å². The topological polar surface area (TPSA) is 71.5 Å². The highest BCUT2D eigenvalue weighted by molar-refractivity contribution is 5.94. The molecular weight excluding hydrogens is 354 g/mol. The summed E-state index contributed by atoms with van der Waals surface area (Å²) in [5.74, 6) is 0.125. The van der Waals surface area contributed by atoms with Crippen LogP contribution in [0.1, 0.15) is 66.6 Å². The minimum atomic E-state index is -0.140. The Balaban J connectivity index is 1.43. The van der Waals surface area contributed by atoms with Crippen LogP contribution in [0.25, 0.3) is 0 Å². The fourth-order valence-electron chi connectivity index (χ4n) is 4.96. The van der Waals surface area contributed by atoms with Crippen molar-refractivity contribution in [3.63, 3.8) is 0 Å². The monoisotopic (exact) mass is 385 g/mol. The van der Waals surface area contributed by atoms with Gasteiger partial charge in [-0.05, 0) is 69.4 Å². The molecule has 6 nitrogen and oxygen atoms in total. The van der Waals surface area contributed by atoms with Gasteiger partial charge in [0.1, 0.15) is 0 Å². The van der Waals surface area contributed by atoms with Gasteiger partial charge in [-0.15, -0.1) is 0 Å². The zero-order valence-electron chi connectivity index (χ0n) is 16.8. The molecule has 3 aliphatic rings. The van der Waals surface area contributed by atoms with Crippen LogP contribution in [0.15, 0.2) is 12.3 Å². The van der Waals surface area contributed by atoms with Gasteiger partial charge in [-0.25, -0.2) is 0 Å². The Morgan fingerprint density at radius 3 is 2.71 bits per heavy atom. The summed E-state index contributed by atoms with van der Waals surface area (Å²) in [6, 6.07) is 1.85. The van der Waals surface area contributed by atoms with Gasteiger partial charge in [0.05, 0.1) is 17.7 Å². The number of fused-ring (bicyclic) bond motifs is 1. The van der Waals surface area contributed by atoms with Gasteiger partial charge in [0, 0.05) is 38.0 Å². The Hall–Kier alpha value is -1.95. The predicted octanol–water partition coefficient (Wildman–Crippen LogP) is 2.50. The lowest BCUT2D eigenvalue weighted by Crippen LogP contribution is -2.50. The first-order valence-electron chi connectivity index (χ1n) is 10.8. The summed E-state index contributed by atoms with van der Waals surface area (Å²) in [6.45, 7) is 1.75. The number of likely N-dealkylation sites (tertiary alicyclic amines) is 1. The van der Waals surface area contributed by atoms with Crippen LogP contribution in [0.4, 0.5) is 0 Å². The highest BCUT2D eigenvalue weighted by Crippen LogP contribution is 2.29. The highest BCUT2D eigenvalue weighted by atomic mass is 16.5. The van der Waals surface area contributed by atoms with Gasteiger partial charge in [0.25, 0.3) is 5.91 Å². The van der Waals surface area contributed by atoms with E-state index in [0.717, 1.165) is 63.7 Å². The van der Waals surface area contributed by atoms with Crippen LogP contribution in [0.3, 0.4) is 0 Å². The number of carbonyl (C=O) groups is 2. The maximum atomic E-state index is 12.9. The van der Waals surface area contributed by atoms with Crippen molar-refractivity contribution < 1.29 is 14.3 Å². The van der Waals surface area contributed by atoms with Crippen molar-refractivity contribution in [2.45, 2.75) is 69.9 Å². The van der Waals surface area contributed by atoms with E-state index in [4.69, 9.17) is 4.74 Å². The first kappa shape index (κ1) is 19.4. The molecule has 28 heavy (non-hydrogen) atoms. The lowest BCUT2D eigenvalue weighted by molar-refractivity contribution is -0.136. The number of ether oxygens (including phenoxy) is 1. The molecule has 2 fully saturated rings. The number of nitrogens with one attached hydrogen (secondary N) is 1. The van der Waals surface area contributed by atoms with Gasteiger partial charge >= 0.3 is 0 Å². The molecule has 6 heteroatoms. The van der Waals surface area contributed by atoms with Gasteiger partial charge in [-0.3, -0.25) is 14.6 Å². The van der Waals surface area contributed by atoms with Gasteiger partial charge in [0.2, 0.25) is 5.91 Å². The van der Waals surface area contributed by atoms with E-state index in [1.54, 1.807) is 13.3 Å². The first-order chi connectivity index (χ1) is 13.7. The fourth-order valence-corrected chi connectivity index (χ4v) is 4.96. The second-order valence-corrected chi connectivity index (χ2v) is 8.43. The molecule has 1 N–H and O–H groups in total. The summed E-state index contributed by atoms with van der Waals surface area (Å²) in [7, 11) is 1.69. The zero-order chi connectivity index (χ0) is 19.5. The third-order valence-electron chi connectivity index (χ3n) is 6.60. The van der Waals surface area contributed by atoms with E-state index in [9.17, 15) is 9.59 Å². The number of pyridine rings is 1. The number of rotatable bonds is 4. The quantitative estimate of drug-likeness (QED) is 0.864. The van der Waals surface area contributed by atoms with Crippen LogP contribution in [0.2, 0.25) is 0 Å². The van der Waals surface area contributed by atoms with Crippen LogP contribution in [-0.4, -0.2) is 54.0 Å². The number of nitrogens with zero attached hydrogens (tertiary/aromatic N) is 2. The molecule has 3 unspecified atom stereocenters. The second-order valence-electron chi connectivity index (χ2n) is 8.43. The average molecular weight is 386 g/mol. The SMILES string of the molecule is COC1CCC(C(=O)N2CCCC2)CC1NC(=O)c1cnc2c(c1)CCCC2. The van der Waals surface area contributed by atoms with Crippen LogP contribution in [0, 0.1) is 5.92 Å². The molecule has 0 bridgehead atoms. The Morgan fingerprint density at radius 2 is 1.93 bits per heavy atom. The van der Waals surface area contributed by atoms with E-state index >= 15 is 0 Å². The van der Waals surface area contributed by atoms with Crippen molar-refractivity contribution in [3.05, 3.63) is 29.1 Å². The molecular formula is C22H31N3O3. The van der Waals surface area contributed by atoms with Crippen LogP contribution >= 0.6 is 0 Å². The molecule has 2 amide bonds. The molecule has 152 valence electrons. The van der Waals surface area contributed by atoms with Gasteiger partial charge in [-0.1, -0.05) is 0 Å². The zero-order valence-corrected chi connectivity index (χ0v) is 16.8. The van der Waals surface area contributed by atoms with Gasteiger partial charge in [0.15, 0.2) is 0 Å². The van der Waals surface area contributed by atoms with Crippen molar-refractivity contribution in [1.29, 1.82) is 0 Å². The second kappa shape index (κ2) is 8.60. The molecule has 2 aliphatic carbocycles.